The molecule has 0 radical (unpaired) electrons. The van der Waals surface area contributed by atoms with Crippen LogP contribution in [0.1, 0.15) is 13.3 Å². The Morgan fingerprint density at radius 3 is 2.65 bits per heavy atom. The standard InChI is InChI=1S/C15H19NO/c1-12(8-9-17)11-16-15-7-6-13-4-2-3-5-14(13)10-15/h2-7,10,12,16-17H,8-9,11H2,1H3. The summed E-state index contributed by atoms with van der Waals surface area (Å²) in [6.45, 7) is 3.31. The number of nitrogens with one attached hydrogen (secondary N) is 1. The quantitative estimate of drug-likeness (QED) is 0.824. The second-order valence-electron chi connectivity index (χ2n) is 4.56. The van der Waals surface area contributed by atoms with Crippen LogP contribution in [0.2, 0.25) is 0 Å². The van der Waals surface area contributed by atoms with Crippen molar-refractivity contribution in [3.8, 4) is 0 Å². The summed E-state index contributed by atoms with van der Waals surface area (Å²) < 4.78 is 0. The Balaban J connectivity index is 2.04. The Morgan fingerprint density at radius 2 is 1.88 bits per heavy atom. The summed E-state index contributed by atoms with van der Waals surface area (Å²) in [6.07, 6.45) is 0.848. The highest BCUT2D eigenvalue weighted by Gasteiger charge is 2.01. The van der Waals surface area contributed by atoms with Crippen molar-refractivity contribution >= 4 is 16.5 Å². The van der Waals surface area contributed by atoms with E-state index in [0.717, 1.165) is 18.7 Å². The summed E-state index contributed by atoms with van der Waals surface area (Å²) >= 11 is 0. The highest BCUT2D eigenvalue weighted by molar-refractivity contribution is 5.85. The maximum absolute atomic E-state index is 8.85. The molecule has 0 fully saturated rings. The number of fused-ring (bicyclic) bond motifs is 1. The van der Waals surface area contributed by atoms with E-state index in [1.165, 1.54) is 10.8 Å². The van der Waals surface area contributed by atoms with Crippen LogP contribution in [-0.2, 0) is 0 Å². The summed E-state index contributed by atoms with van der Waals surface area (Å²) in [5.41, 5.74) is 1.15. The van der Waals surface area contributed by atoms with E-state index in [1.54, 1.807) is 0 Å². The topological polar surface area (TPSA) is 32.3 Å². The van der Waals surface area contributed by atoms with Gasteiger partial charge in [-0.1, -0.05) is 37.3 Å². The molecular formula is C15H19NO. The number of hydrogen-bond donors (Lipinski definition) is 2. The fourth-order valence-electron chi connectivity index (χ4n) is 1.91. The number of hydrogen-bond acceptors (Lipinski definition) is 2. The molecule has 2 aromatic rings. The van der Waals surface area contributed by atoms with Gasteiger partial charge in [-0.25, -0.2) is 0 Å². The average Bonchev–Trinajstić information content (AvgIpc) is 2.36. The van der Waals surface area contributed by atoms with Crippen molar-refractivity contribution in [3.63, 3.8) is 0 Å². The molecule has 0 aliphatic rings. The lowest BCUT2D eigenvalue weighted by Gasteiger charge is -2.12. The molecule has 0 amide bonds. The van der Waals surface area contributed by atoms with Gasteiger partial charge in [0.15, 0.2) is 0 Å². The molecule has 0 heterocycles. The second-order valence-corrected chi connectivity index (χ2v) is 4.56. The predicted octanol–water partition coefficient (Wildman–Crippen LogP) is 3.27. The predicted molar refractivity (Wildman–Crippen MR) is 73.3 cm³/mol. The summed E-state index contributed by atoms with van der Waals surface area (Å²) in [5, 5.41) is 14.8. The Hall–Kier alpha value is -1.54. The van der Waals surface area contributed by atoms with Gasteiger partial charge in [0.25, 0.3) is 0 Å². The molecule has 0 aliphatic heterocycles. The lowest BCUT2D eigenvalue weighted by Crippen LogP contribution is -2.12. The highest BCUT2D eigenvalue weighted by atomic mass is 16.3. The van der Waals surface area contributed by atoms with Crippen molar-refractivity contribution < 1.29 is 5.11 Å². The molecule has 1 unspecified atom stereocenters. The zero-order valence-electron chi connectivity index (χ0n) is 10.2. The molecule has 2 heteroatoms. The molecule has 2 aromatic carbocycles. The molecule has 0 aromatic heterocycles. The molecule has 2 N–H and O–H groups in total. The molecule has 17 heavy (non-hydrogen) atoms. The van der Waals surface area contributed by atoms with Crippen molar-refractivity contribution in [3.05, 3.63) is 42.5 Å². The molecule has 2 rings (SSSR count). The van der Waals surface area contributed by atoms with Crippen LogP contribution in [0, 0.1) is 5.92 Å². The van der Waals surface area contributed by atoms with E-state index in [0.29, 0.717) is 5.92 Å². The van der Waals surface area contributed by atoms with Gasteiger partial charge in [0.1, 0.15) is 0 Å². The maximum Gasteiger partial charge on any atom is 0.0434 e. The lowest BCUT2D eigenvalue weighted by molar-refractivity contribution is 0.266. The summed E-state index contributed by atoms with van der Waals surface area (Å²) in [5.74, 6) is 0.492. The average molecular weight is 229 g/mol. The van der Waals surface area contributed by atoms with Gasteiger partial charge in [-0.15, -0.1) is 0 Å². The van der Waals surface area contributed by atoms with Gasteiger partial charge in [0.2, 0.25) is 0 Å². The van der Waals surface area contributed by atoms with Gasteiger partial charge >= 0.3 is 0 Å². The van der Waals surface area contributed by atoms with E-state index in [-0.39, 0.29) is 6.61 Å². The molecule has 0 aliphatic carbocycles. The first-order valence-corrected chi connectivity index (χ1v) is 6.13. The van der Waals surface area contributed by atoms with Crippen molar-refractivity contribution in [1.29, 1.82) is 0 Å². The third kappa shape index (κ3) is 3.21. The van der Waals surface area contributed by atoms with Crippen molar-refractivity contribution in [2.45, 2.75) is 13.3 Å². The van der Waals surface area contributed by atoms with Crippen LogP contribution < -0.4 is 5.32 Å². The van der Waals surface area contributed by atoms with Crippen LogP contribution >= 0.6 is 0 Å². The Kier molecular flexibility index (Phi) is 3.99. The van der Waals surface area contributed by atoms with E-state index in [4.69, 9.17) is 5.11 Å². The monoisotopic (exact) mass is 229 g/mol. The minimum absolute atomic E-state index is 0.264. The Morgan fingerprint density at radius 1 is 1.12 bits per heavy atom. The molecular weight excluding hydrogens is 210 g/mol. The first kappa shape index (κ1) is 11.9. The number of benzene rings is 2. The summed E-state index contributed by atoms with van der Waals surface area (Å²) in [4.78, 5) is 0. The zero-order valence-corrected chi connectivity index (χ0v) is 10.2. The minimum Gasteiger partial charge on any atom is -0.396 e. The van der Waals surface area contributed by atoms with Gasteiger partial charge in [-0.2, -0.15) is 0 Å². The van der Waals surface area contributed by atoms with Crippen LogP contribution in [0.4, 0.5) is 5.69 Å². The van der Waals surface area contributed by atoms with Gasteiger partial charge in [-0.3, -0.25) is 0 Å². The number of aliphatic hydroxyl groups excluding tert-OH is 1. The summed E-state index contributed by atoms with van der Waals surface area (Å²) in [7, 11) is 0. The highest BCUT2D eigenvalue weighted by Crippen LogP contribution is 2.19. The fourth-order valence-corrected chi connectivity index (χ4v) is 1.91. The SMILES string of the molecule is CC(CCO)CNc1ccc2ccccc2c1. The van der Waals surface area contributed by atoms with Gasteiger partial charge in [-0.05, 0) is 35.2 Å². The second kappa shape index (κ2) is 5.69. The van der Waals surface area contributed by atoms with Crippen LogP contribution in [-0.4, -0.2) is 18.3 Å². The first-order chi connectivity index (χ1) is 8.29. The number of anilines is 1. The molecule has 0 saturated carbocycles. The molecule has 0 bridgehead atoms. The molecule has 2 nitrogen and oxygen atoms in total. The van der Waals surface area contributed by atoms with E-state index in [2.05, 4.69) is 54.7 Å². The largest absolute Gasteiger partial charge is 0.396 e. The van der Waals surface area contributed by atoms with Gasteiger partial charge in [0, 0.05) is 18.8 Å². The molecule has 1 atom stereocenters. The Labute approximate surface area is 102 Å². The van der Waals surface area contributed by atoms with E-state index in [1.807, 2.05) is 0 Å². The number of aliphatic hydroxyl groups is 1. The van der Waals surface area contributed by atoms with Crippen LogP contribution in [0.5, 0.6) is 0 Å². The zero-order chi connectivity index (χ0) is 12.1. The van der Waals surface area contributed by atoms with E-state index < -0.39 is 0 Å². The third-order valence-corrected chi connectivity index (χ3v) is 3.03. The minimum atomic E-state index is 0.264. The fraction of sp³-hybridized carbons (Fsp3) is 0.333. The van der Waals surface area contributed by atoms with Crippen LogP contribution in [0.3, 0.4) is 0 Å². The van der Waals surface area contributed by atoms with Gasteiger partial charge in [0.05, 0.1) is 0 Å². The molecule has 0 saturated heterocycles. The van der Waals surface area contributed by atoms with Crippen LogP contribution in [0.25, 0.3) is 10.8 Å². The third-order valence-electron chi connectivity index (χ3n) is 3.03. The van der Waals surface area contributed by atoms with Crippen molar-refractivity contribution in [2.24, 2.45) is 5.92 Å². The van der Waals surface area contributed by atoms with Crippen molar-refractivity contribution in [2.75, 3.05) is 18.5 Å². The maximum atomic E-state index is 8.85. The smallest absolute Gasteiger partial charge is 0.0434 e. The molecule has 0 spiro atoms. The van der Waals surface area contributed by atoms with E-state index >= 15 is 0 Å². The van der Waals surface area contributed by atoms with Crippen molar-refractivity contribution in [1.82, 2.24) is 0 Å². The molecule has 90 valence electrons. The Bertz CT molecular complexity index is 481. The van der Waals surface area contributed by atoms with E-state index in [9.17, 15) is 0 Å². The van der Waals surface area contributed by atoms with Gasteiger partial charge < -0.3 is 10.4 Å². The van der Waals surface area contributed by atoms with Crippen LogP contribution in [0.15, 0.2) is 42.5 Å². The lowest BCUT2D eigenvalue weighted by atomic mass is 10.1. The normalized spacial score (nSPS) is 12.6. The summed E-state index contributed by atoms with van der Waals surface area (Å²) in [6, 6.07) is 14.8. The first-order valence-electron chi connectivity index (χ1n) is 6.13. The number of rotatable bonds is 5.